The molecule has 0 saturated carbocycles. The summed E-state index contributed by atoms with van der Waals surface area (Å²) in [5, 5.41) is 43.5. The standard InChI is InChI=1S/C6H12O6.C4H10O/c7-1-3(9)5(11)6(12)4(10)2-8;1-3-5-4-2/h1,3-6,8-12H,2H2;3-4H2,1-2H3/t3-,4+,5+,6-;/m0./s1. The summed E-state index contributed by atoms with van der Waals surface area (Å²) >= 11 is 0. The Bertz CT molecular complexity index is 174. The molecular formula is C10H22O7. The monoisotopic (exact) mass is 254 g/mol. The SMILES string of the molecule is CCOCC.O=C[C@H](O)[C@@H](O)[C@@H](O)[C@H](O)CO. The van der Waals surface area contributed by atoms with E-state index in [1.165, 1.54) is 0 Å². The molecule has 0 fully saturated rings. The zero-order chi connectivity index (χ0) is 13.8. The van der Waals surface area contributed by atoms with Gasteiger partial charge in [-0.15, -0.1) is 0 Å². The third-order valence-electron chi connectivity index (χ3n) is 1.83. The van der Waals surface area contributed by atoms with Gasteiger partial charge < -0.3 is 35.1 Å². The molecule has 5 N–H and O–H groups in total. The molecule has 7 heteroatoms. The van der Waals surface area contributed by atoms with Crippen molar-refractivity contribution < 1.29 is 35.1 Å². The number of ether oxygens (including phenoxy) is 1. The summed E-state index contributed by atoms with van der Waals surface area (Å²) in [6, 6.07) is 0. The average molecular weight is 254 g/mol. The largest absolute Gasteiger partial charge is 0.394 e. The number of aliphatic hydroxyl groups is 5. The summed E-state index contributed by atoms with van der Waals surface area (Å²) in [6.45, 7) is 4.91. The highest BCUT2D eigenvalue weighted by atomic mass is 16.5. The van der Waals surface area contributed by atoms with Crippen molar-refractivity contribution in [2.24, 2.45) is 0 Å². The highest BCUT2D eigenvalue weighted by Crippen LogP contribution is 2.02. The molecule has 0 amide bonds. The van der Waals surface area contributed by atoms with Crippen LogP contribution in [-0.4, -0.2) is 76.1 Å². The first-order valence-corrected chi connectivity index (χ1v) is 5.32. The van der Waals surface area contributed by atoms with Crippen LogP contribution in [0.5, 0.6) is 0 Å². The van der Waals surface area contributed by atoms with Gasteiger partial charge in [0, 0.05) is 13.2 Å². The Morgan fingerprint density at radius 3 is 1.76 bits per heavy atom. The first kappa shape index (κ1) is 18.8. The Balaban J connectivity index is 0. The highest BCUT2D eigenvalue weighted by molar-refractivity contribution is 5.56. The normalized spacial score (nSPS) is 17.4. The van der Waals surface area contributed by atoms with Gasteiger partial charge in [-0.25, -0.2) is 0 Å². The predicted octanol–water partition coefficient (Wildman–Crippen LogP) is -2.34. The summed E-state index contributed by atoms with van der Waals surface area (Å²) in [6.07, 6.45) is -6.84. The Morgan fingerprint density at radius 2 is 1.53 bits per heavy atom. The van der Waals surface area contributed by atoms with Gasteiger partial charge in [0.25, 0.3) is 0 Å². The van der Waals surface area contributed by atoms with Crippen LogP contribution in [0.1, 0.15) is 13.8 Å². The van der Waals surface area contributed by atoms with Crippen LogP contribution in [0, 0.1) is 0 Å². The van der Waals surface area contributed by atoms with Crippen molar-refractivity contribution in [2.75, 3.05) is 19.8 Å². The van der Waals surface area contributed by atoms with Crippen molar-refractivity contribution in [1.82, 2.24) is 0 Å². The van der Waals surface area contributed by atoms with Crippen LogP contribution in [0.3, 0.4) is 0 Å². The van der Waals surface area contributed by atoms with Crippen molar-refractivity contribution in [3.63, 3.8) is 0 Å². The predicted molar refractivity (Wildman–Crippen MR) is 59.3 cm³/mol. The first-order chi connectivity index (χ1) is 7.95. The minimum atomic E-state index is -1.79. The van der Waals surface area contributed by atoms with Crippen LogP contribution in [0.25, 0.3) is 0 Å². The second kappa shape index (κ2) is 11.9. The maximum absolute atomic E-state index is 9.90. The van der Waals surface area contributed by atoms with E-state index in [2.05, 4.69) is 0 Å². The molecule has 0 aromatic carbocycles. The van der Waals surface area contributed by atoms with Gasteiger partial charge in [0.1, 0.15) is 24.4 Å². The molecule has 0 unspecified atom stereocenters. The second-order valence-corrected chi connectivity index (χ2v) is 3.14. The number of carbonyl (C=O) groups excluding carboxylic acids is 1. The molecule has 0 saturated heterocycles. The average Bonchev–Trinajstić information content (AvgIpc) is 2.36. The summed E-state index contributed by atoms with van der Waals surface area (Å²) in [4.78, 5) is 9.90. The number of hydrogen-bond donors (Lipinski definition) is 5. The molecule has 104 valence electrons. The summed E-state index contributed by atoms with van der Waals surface area (Å²) in [7, 11) is 0. The van der Waals surface area contributed by atoms with E-state index < -0.39 is 31.0 Å². The molecule has 0 bridgehead atoms. The molecule has 0 heterocycles. The lowest BCUT2D eigenvalue weighted by atomic mass is 10.0. The quantitative estimate of drug-likeness (QED) is 0.322. The van der Waals surface area contributed by atoms with Crippen molar-refractivity contribution in [2.45, 2.75) is 38.3 Å². The second-order valence-electron chi connectivity index (χ2n) is 3.14. The van der Waals surface area contributed by atoms with Crippen LogP contribution in [0.15, 0.2) is 0 Å². The fraction of sp³-hybridized carbons (Fsp3) is 0.900. The fourth-order valence-corrected chi connectivity index (χ4v) is 0.822. The van der Waals surface area contributed by atoms with Crippen LogP contribution in [0.4, 0.5) is 0 Å². The minimum Gasteiger partial charge on any atom is -0.394 e. The molecule has 0 radical (unpaired) electrons. The number of rotatable bonds is 7. The maximum atomic E-state index is 9.90. The third kappa shape index (κ3) is 9.16. The lowest BCUT2D eigenvalue weighted by Crippen LogP contribution is -2.46. The van der Waals surface area contributed by atoms with Crippen LogP contribution < -0.4 is 0 Å². The molecule has 0 aliphatic heterocycles. The molecule has 0 rings (SSSR count). The van der Waals surface area contributed by atoms with Crippen molar-refractivity contribution in [3.05, 3.63) is 0 Å². The van der Waals surface area contributed by atoms with Crippen LogP contribution in [0.2, 0.25) is 0 Å². The molecular weight excluding hydrogens is 232 g/mol. The smallest absolute Gasteiger partial charge is 0.151 e. The Hall–Kier alpha value is -0.570. The topological polar surface area (TPSA) is 127 Å². The fourth-order valence-electron chi connectivity index (χ4n) is 0.822. The molecule has 0 spiro atoms. The number of aldehydes is 1. The Kier molecular flexibility index (Phi) is 13.2. The molecule has 4 atom stereocenters. The number of hydrogen-bond acceptors (Lipinski definition) is 7. The molecule has 7 nitrogen and oxygen atoms in total. The zero-order valence-corrected chi connectivity index (χ0v) is 10.1. The Morgan fingerprint density at radius 1 is 1.06 bits per heavy atom. The van der Waals surface area contributed by atoms with Gasteiger partial charge in [0.15, 0.2) is 6.29 Å². The Labute approximate surface area is 100 Å². The molecule has 0 aliphatic carbocycles. The molecule has 0 aromatic heterocycles. The van der Waals surface area contributed by atoms with E-state index in [4.69, 9.17) is 30.3 Å². The third-order valence-corrected chi connectivity index (χ3v) is 1.83. The van der Waals surface area contributed by atoms with E-state index in [9.17, 15) is 4.79 Å². The minimum absolute atomic E-state index is 0.0258. The zero-order valence-electron chi connectivity index (χ0n) is 10.1. The van der Waals surface area contributed by atoms with Crippen molar-refractivity contribution >= 4 is 6.29 Å². The number of carbonyl (C=O) groups is 1. The van der Waals surface area contributed by atoms with E-state index >= 15 is 0 Å². The van der Waals surface area contributed by atoms with Crippen LogP contribution >= 0.6 is 0 Å². The van der Waals surface area contributed by atoms with Gasteiger partial charge in [-0.3, -0.25) is 0 Å². The van der Waals surface area contributed by atoms with Gasteiger partial charge >= 0.3 is 0 Å². The van der Waals surface area contributed by atoms with Gasteiger partial charge in [-0.05, 0) is 13.8 Å². The van der Waals surface area contributed by atoms with Gasteiger partial charge in [-0.2, -0.15) is 0 Å². The van der Waals surface area contributed by atoms with Crippen LogP contribution in [-0.2, 0) is 9.53 Å². The van der Waals surface area contributed by atoms with Gasteiger partial charge in [0.2, 0.25) is 0 Å². The van der Waals surface area contributed by atoms with Crippen molar-refractivity contribution in [3.8, 4) is 0 Å². The van der Waals surface area contributed by atoms with Gasteiger partial charge in [-0.1, -0.05) is 0 Å². The highest BCUT2D eigenvalue weighted by Gasteiger charge is 2.29. The van der Waals surface area contributed by atoms with Gasteiger partial charge in [0.05, 0.1) is 6.61 Å². The summed E-state index contributed by atoms with van der Waals surface area (Å²) in [5.41, 5.74) is 0. The summed E-state index contributed by atoms with van der Waals surface area (Å²) in [5.74, 6) is 0. The lowest BCUT2D eigenvalue weighted by molar-refractivity contribution is -0.136. The van der Waals surface area contributed by atoms with E-state index in [1.54, 1.807) is 0 Å². The first-order valence-electron chi connectivity index (χ1n) is 5.32. The van der Waals surface area contributed by atoms with E-state index in [1.807, 2.05) is 13.8 Å². The summed E-state index contributed by atoms with van der Waals surface area (Å²) < 4.78 is 4.83. The maximum Gasteiger partial charge on any atom is 0.151 e. The van der Waals surface area contributed by atoms with Crippen molar-refractivity contribution in [1.29, 1.82) is 0 Å². The number of aliphatic hydroxyl groups excluding tert-OH is 5. The molecule has 17 heavy (non-hydrogen) atoms. The van der Waals surface area contributed by atoms with E-state index in [-0.39, 0.29) is 6.29 Å². The van der Waals surface area contributed by atoms with E-state index in [0.717, 1.165) is 13.2 Å². The van der Waals surface area contributed by atoms with E-state index in [0.29, 0.717) is 0 Å². The molecule has 0 aromatic rings. The molecule has 0 aliphatic rings. The lowest BCUT2D eigenvalue weighted by Gasteiger charge is -2.22.